The van der Waals surface area contributed by atoms with Crippen LogP contribution < -0.4 is 5.73 Å². The Kier molecular flexibility index (Phi) is 6.08. The van der Waals surface area contributed by atoms with E-state index < -0.39 is 0 Å². The first-order valence-electron chi connectivity index (χ1n) is 7.24. The molecule has 24 heavy (non-hydrogen) atoms. The number of rotatable bonds is 6. The fourth-order valence-corrected chi connectivity index (χ4v) is 2.60. The molecular formula is C17H18N4O2S. The van der Waals surface area contributed by atoms with Crippen molar-refractivity contribution >= 4 is 29.1 Å². The Morgan fingerprint density at radius 3 is 2.67 bits per heavy atom. The van der Waals surface area contributed by atoms with Gasteiger partial charge in [-0.05, 0) is 19.3 Å². The maximum atomic E-state index is 12.1. The lowest BCUT2D eigenvalue weighted by atomic mass is 10.2. The summed E-state index contributed by atoms with van der Waals surface area (Å²) in [5.74, 6) is 0.917. The number of allylic oxidation sites excluding steroid dienone is 1. The monoisotopic (exact) mass is 342 g/mol. The molecule has 0 saturated heterocycles. The number of nitrogen functional groups attached to an aromatic ring is 1. The van der Waals surface area contributed by atoms with Gasteiger partial charge in [-0.2, -0.15) is 0 Å². The SMILES string of the molecule is C/C(=C\SC(=O)c1ccccc1)N(C=O)Cc1cnc(C)nc1N. The first-order chi connectivity index (χ1) is 11.5. The summed E-state index contributed by atoms with van der Waals surface area (Å²) in [4.78, 5) is 33.1. The van der Waals surface area contributed by atoms with Crippen LogP contribution in [0.15, 0.2) is 47.6 Å². The summed E-state index contributed by atoms with van der Waals surface area (Å²) in [6.45, 7) is 3.75. The number of carbonyl (C=O) groups is 2. The minimum atomic E-state index is -0.0843. The number of nitrogens with zero attached hydrogens (tertiary/aromatic N) is 3. The minimum Gasteiger partial charge on any atom is -0.383 e. The van der Waals surface area contributed by atoms with Gasteiger partial charge in [-0.3, -0.25) is 9.59 Å². The number of aryl methyl sites for hydroxylation is 1. The van der Waals surface area contributed by atoms with Gasteiger partial charge in [0, 0.05) is 23.0 Å². The Labute approximate surface area is 144 Å². The van der Waals surface area contributed by atoms with Crippen LogP contribution in [0.1, 0.15) is 28.7 Å². The van der Waals surface area contributed by atoms with E-state index in [9.17, 15) is 9.59 Å². The Morgan fingerprint density at radius 2 is 2.04 bits per heavy atom. The molecule has 124 valence electrons. The first-order valence-corrected chi connectivity index (χ1v) is 8.12. The number of nitrogens with two attached hydrogens (primary N) is 1. The zero-order chi connectivity index (χ0) is 17.5. The third-order valence-corrected chi connectivity index (χ3v) is 4.19. The van der Waals surface area contributed by atoms with E-state index in [2.05, 4.69) is 9.97 Å². The number of carbonyl (C=O) groups excluding carboxylic acids is 2. The van der Waals surface area contributed by atoms with Crippen molar-refractivity contribution in [3.05, 3.63) is 64.6 Å². The summed E-state index contributed by atoms with van der Waals surface area (Å²) < 4.78 is 0. The lowest BCUT2D eigenvalue weighted by molar-refractivity contribution is -0.116. The van der Waals surface area contributed by atoms with Crippen molar-refractivity contribution < 1.29 is 9.59 Å². The molecular weight excluding hydrogens is 324 g/mol. The van der Waals surface area contributed by atoms with Crippen molar-refractivity contribution in [1.82, 2.24) is 14.9 Å². The summed E-state index contributed by atoms with van der Waals surface area (Å²) in [5.41, 5.74) is 7.75. The molecule has 0 fully saturated rings. The van der Waals surface area contributed by atoms with Gasteiger partial charge in [0.05, 0.1) is 6.54 Å². The molecule has 1 heterocycles. The molecule has 2 aromatic rings. The van der Waals surface area contributed by atoms with Crippen LogP contribution in [-0.2, 0) is 11.3 Å². The van der Waals surface area contributed by atoms with Crippen LogP contribution in [0.3, 0.4) is 0 Å². The van der Waals surface area contributed by atoms with Crippen molar-refractivity contribution in [3.8, 4) is 0 Å². The lowest BCUT2D eigenvalue weighted by Crippen LogP contribution is -2.20. The Morgan fingerprint density at radius 1 is 1.33 bits per heavy atom. The molecule has 0 aliphatic rings. The summed E-state index contributed by atoms with van der Waals surface area (Å²) in [7, 11) is 0. The highest BCUT2D eigenvalue weighted by Gasteiger charge is 2.11. The average molecular weight is 342 g/mol. The Balaban J connectivity index is 2.06. The zero-order valence-corrected chi connectivity index (χ0v) is 14.3. The molecule has 1 aromatic heterocycles. The molecule has 0 spiro atoms. The van der Waals surface area contributed by atoms with Crippen molar-refractivity contribution in [2.24, 2.45) is 0 Å². The molecule has 2 N–H and O–H groups in total. The van der Waals surface area contributed by atoms with Gasteiger partial charge in [-0.1, -0.05) is 42.1 Å². The highest BCUT2D eigenvalue weighted by molar-refractivity contribution is 8.16. The van der Waals surface area contributed by atoms with E-state index in [1.165, 1.54) is 4.90 Å². The molecule has 0 aliphatic heterocycles. The van der Waals surface area contributed by atoms with Gasteiger partial charge in [-0.15, -0.1) is 0 Å². The quantitative estimate of drug-likeness (QED) is 0.812. The maximum absolute atomic E-state index is 12.1. The van der Waals surface area contributed by atoms with Crippen molar-refractivity contribution in [1.29, 1.82) is 0 Å². The molecule has 0 unspecified atom stereocenters. The number of thioether (sulfide) groups is 1. The van der Waals surface area contributed by atoms with Crippen LogP contribution in [0.4, 0.5) is 5.82 Å². The highest BCUT2D eigenvalue weighted by Crippen LogP contribution is 2.19. The summed E-state index contributed by atoms with van der Waals surface area (Å²) >= 11 is 1.03. The number of amides is 1. The highest BCUT2D eigenvalue weighted by atomic mass is 32.2. The third-order valence-electron chi connectivity index (χ3n) is 3.29. The van der Waals surface area contributed by atoms with Gasteiger partial charge in [-0.25, -0.2) is 9.97 Å². The second-order valence-corrected chi connectivity index (χ2v) is 5.93. The van der Waals surface area contributed by atoms with Gasteiger partial charge >= 0.3 is 0 Å². The van der Waals surface area contributed by atoms with E-state index in [0.717, 1.165) is 11.8 Å². The normalized spacial score (nSPS) is 11.2. The molecule has 0 radical (unpaired) electrons. The van der Waals surface area contributed by atoms with Gasteiger partial charge < -0.3 is 10.6 Å². The number of anilines is 1. The van der Waals surface area contributed by atoms with Gasteiger partial charge in [0.1, 0.15) is 11.6 Å². The smallest absolute Gasteiger partial charge is 0.223 e. The van der Waals surface area contributed by atoms with Gasteiger partial charge in [0.2, 0.25) is 11.5 Å². The molecule has 0 saturated carbocycles. The fourth-order valence-electron chi connectivity index (χ4n) is 1.91. The summed E-state index contributed by atoms with van der Waals surface area (Å²) in [5, 5.41) is 1.56. The predicted molar refractivity (Wildman–Crippen MR) is 94.9 cm³/mol. The van der Waals surface area contributed by atoms with Crippen LogP contribution >= 0.6 is 11.8 Å². The Hall–Kier alpha value is -2.67. The zero-order valence-electron chi connectivity index (χ0n) is 13.5. The molecule has 0 atom stereocenters. The second-order valence-electron chi connectivity index (χ2n) is 5.09. The van der Waals surface area contributed by atoms with E-state index >= 15 is 0 Å². The summed E-state index contributed by atoms with van der Waals surface area (Å²) in [6, 6.07) is 8.97. The van der Waals surface area contributed by atoms with Crippen LogP contribution in [0.25, 0.3) is 0 Å². The molecule has 1 amide bonds. The average Bonchev–Trinajstić information content (AvgIpc) is 2.59. The maximum Gasteiger partial charge on any atom is 0.223 e. The number of hydrogen-bond donors (Lipinski definition) is 1. The van der Waals surface area contributed by atoms with E-state index in [-0.39, 0.29) is 11.7 Å². The molecule has 6 nitrogen and oxygen atoms in total. The van der Waals surface area contributed by atoms with E-state index in [1.54, 1.807) is 37.6 Å². The van der Waals surface area contributed by atoms with E-state index in [4.69, 9.17) is 5.73 Å². The van der Waals surface area contributed by atoms with Gasteiger partial charge in [0.15, 0.2) is 0 Å². The van der Waals surface area contributed by atoms with Gasteiger partial charge in [0.25, 0.3) is 0 Å². The molecule has 0 aliphatic carbocycles. The summed E-state index contributed by atoms with van der Waals surface area (Å²) in [6.07, 6.45) is 2.29. The lowest BCUT2D eigenvalue weighted by Gasteiger charge is -2.18. The second kappa shape index (κ2) is 8.26. The Bertz CT molecular complexity index is 762. The number of hydrogen-bond acceptors (Lipinski definition) is 6. The standard InChI is InChI=1S/C17H18N4O2S/c1-12(10-24-17(23)14-6-4-3-5-7-14)21(11-22)9-15-8-19-13(2)20-16(15)18/h3-8,10-11H,9H2,1-2H3,(H2,18,19,20)/b12-10+. The largest absolute Gasteiger partial charge is 0.383 e. The first kappa shape index (κ1) is 17.7. The van der Waals surface area contributed by atoms with Crippen LogP contribution in [0.2, 0.25) is 0 Å². The molecule has 7 heteroatoms. The molecule has 2 rings (SSSR count). The fraction of sp³-hybridized carbons (Fsp3) is 0.176. The van der Waals surface area contributed by atoms with Crippen molar-refractivity contribution in [3.63, 3.8) is 0 Å². The van der Waals surface area contributed by atoms with E-state index in [1.807, 2.05) is 18.2 Å². The minimum absolute atomic E-state index is 0.0843. The predicted octanol–water partition coefficient (Wildman–Crippen LogP) is 2.76. The van der Waals surface area contributed by atoms with E-state index in [0.29, 0.717) is 34.9 Å². The number of aromatic nitrogens is 2. The van der Waals surface area contributed by atoms with Crippen LogP contribution in [-0.4, -0.2) is 26.4 Å². The van der Waals surface area contributed by atoms with Crippen molar-refractivity contribution in [2.45, 2.75) is 20.4 Å². The number of benzene rings is 1. The van der Waals surface area contributed by atoms with Crippen molar-refractivity contribution in [2.75, 3.05) is 5.73 Å². The molecule has 1 aromatic carbocycles. The third kappa shape index (κ3) is 4.66. The molecule has 0 bridgehead atoms. The topological polar surface area (TPSA) is 89.2 Å². The van der Waals surface area contributed by atoms with Crippen LogP contribution in [0, 0.1) is 6.92 Å². The van der Waals surface area contributed by atoms with Crippen LogP contribution in [0.5, 0.6) is 0 Å².